The van der Waals surface area contributed by atoms with Gasteiger partial charge in [-0.2, -0.15) is 0 Å². The smallest absolute Gasteiger partial charge is 0.244 e. The third-order valence-electron chi connectivity index (χ3n) is 1.42. The maximum atomic E-state index is 10.8. The van der Waals surface area contributed by atoms with Crippen molar-refractivity contribution in [1.82, 2.24) is 10.6 Å². The van der Waals surface area contributed by atoms with E-state index < -0.39 is 0 Å². The second kappa shape index (κ2) is 4.41. The van der Waals surface area contributed by atoms with Gasteiger partial charge in [0.25, 0.3) is 0 Å². The van der Waals surface area contributed by atoms with Crippen LogP contribution in [0.1, 0.15) is 0 Å². The molecule has 3 nitrogen and oxygen atoms in total. The summed E-state index contributed by atoms with van der Waals surface area (Å²) < 4.78 is 0. The summed E-state index contributed by atoms with van der Waals surface area (Å²) in [6, 6.07) is 0. The number of hydrogen-bond acceptors (Lipinski definition) is 3. The zero-order valence-corrected chi connectivity index (χ0v) is 7.12. The zero-order valence-electron chi connectivity index (χ0n) is 6.30. The highest BCUT2D eigenvalue weighted by molar-refractivity contribution is 8.00. The van der Waals surface area contributed by atoms with E-state index in [0.717, 1.165) is 18.8 Å². The number of rotatable bonds is 2. The van der Waals surface area contributed by atoms with Crippen LogP contribution in [-0.4, -0.2) is 30.1 Å². The third kappa shape index (κ3) is 2.95. The van der Waals surface area contributed by atoms with E-state index in [-0.39, 0.29) is 11.3 Å². The largest absolute Gasteiger partial charge is 0.340 e. The molecule has 1 rings (SSSR count). The van der Waals surface area contributed by atoms with Crippen molar-refractivity contribution in [3.8, 4) is 0 Å². The molecule has 1 heterocycles. The number of thioether (sulfide) groups is 1. The summed E-state index contributed by atoms with van der Waals surface area (Å²) in [5.74, 6) is 0.966. The maximum absolute atomic E-state index is 10.8. The zero-order chi connectivity index (χ0) is 8.10. The summed E-state index contributed by atoms with van der Waals surface area (Å²) in [5.41, 5.74) is 0. The molecule has 1 aliphatic rings. The van der Waals surface area contributed by atoms with Crippen LogP contribution in [0.3, 0.4) is 0 Å². The van der Waals surface area contributed by atoms with Gasteiger partial charge >= 0.3 is 0 Å². The monoisotopic (exact) mass is 172 g/mol. The summed E-state index contributed by atoms with van der Waals surface area (Å²) in [5, 5.41) is 6.22. The van der Waals surface area contributed by atoms with E-state index in [1.807, 2.05) is 0 Å². The van der Waals surface area contributed by atoms with Crippen LogP contribution in [0.4, 0.5) is 0 Å². The minimum Gasteiger partial charge on any atom is -0.340 e. The quantitative estimate of drug-likeness (QED) is 0.574. The van der Waals surface area contributed by atoms with Gasteiger partial charge in [-0.15, -0.1) is 11.8 Å². The molecular formula is C7H12N2OS. The Kier molecular flexibility index (Phi) is 3.45. The number of hydrogen-bond donors (Lipinski definition) is 2. The van der Waals surface area contributed by atoms with Crippen molar-refractivity contribution in [3.05, 3.63) is 12.7 Å². The van der Waals surface area contributed by atoms with E-state index >= 15 is 0 Å². The molecule has 1 aliphatic heterocycles. The predicted molar refractivity (Wildman–Crippen MR) is 47.5 cm³/mol. The van der Waals surface area contributed by atoms with E-state index in [9.17, 15) is 4.79 Å². The molecule has 0 saturated carbocycles. The average molecular weight is 172 g/mol. The van der Waals surface area contributed by atoms with Crippen molar-refractivity contribution in [2.75, 3.05) is 18.8 Å². The SMILES string of the molecule is C=CC(=O)NC1CNCCS1. The molecule has 4 heteroatoms. The number of amides is 1. The molecular weight excluding hydrogens is 160 g/mol. The Hall–Kier alpha value is -0.480. The van der Waals surface area contributed by atoms with Crippen LogP contribution in [-0.2, 0) is 4.79 Å². The van der Waals surface area contributed by atoms with E-state index in [1.165, 1.54) is 6.08 Å². The Morgan fingerprint density at radius 3 is 3.18 bits per heavy atom. The Bertz CT molecular complexity index is 155. The highest BCUT2D eigenvalue weighted by Gasteiger charge is 2.13. The van der Waals surface area contributed by atoms with Gasteiger partial charge in [0.2, 0.25) is 5.91 Å². The normalized spacial score (nSPS) is 24.2. The second-order valence-corrected chi connectivity index (χ2v) is 3.59. The topological polar surface area (TPSA) is 41.1 Å². The van der Waals surface area contributed by atoms with Crippen LogP contribution < -0.4 is 10.6 Å². The molecule has 0 aliphatic carbocycles. The first-order chi connectivity index (χ1) is 5.33. The van der Waals surface area contributed by atoms with E-state index in [2.05, 4.69) is 17.2 Å². The molecule has 1 atom stereocenters. The second-order valence-electron chi connectivity index (χ2n) is 2.28. The maximum Gasteiger partial charge on any atom is 0.244 e. The highest BCUT2D eigenvalue weighted by Crippen LogP contribution is 2.09. The molecule has 2 N–H and O–H groups in total. The van der Waals surface area contributed by atoms with Crippen LogP contribution >= 0.6 is 11.8 Å². The summed E-state index contributed by atoms with van der Waals surface area (Å²) in [6.07, 6.45) is 1.30. The molecule has 0 aromatic heterocycles. The fraction of sp³-hybridized carbons (Fsp3) is 0.571. The number of nitrogens with one attached hydrogen (secondary N) is 2. The van der Waals surface area contributed by atoms with Crippen LogP contribution in [0.5, 0.6) is 0 Å². The molecule has 1 amide bonds. The van der Waals surface area contributed by atoms with Crippen LogP contribution in [0.25, 0.3) is 0 Å². The molecule has 11 heavy (non-hydrogen) atoms. The Balaban J connectivity index is 2.24. The lowest BCUT2D eigenvalue weighted by Gasteiger charge is -2.22. The van der Waals surface area contributed by atoms with Crippen molar-refractivity contribution in [2.24, 2.45) is 0 Å². The molecule has 0 aromatic rings. The van der Waals surface area contributed by atoms with Crippen molar-refractivity contribution >= 4 is 17.7 Å². The van der Waals surface area contributed by atoms with Gasteiger partial charge in [0.1, 0.15) is 0 Å². The van der Waals surface area contributed by atoms with Gasteiger partial charge in [0, 0.05) is 18.8 Å². The van der Waals surface area contributed by atoms with Crippen LogP contribution in [0.2, 0.25) is 0 Å². The molecule has 62 valence electrons. The molecule has 1 saturated heterocycles. The van der Waals surface area contributed by atoms with Gasteiger partial charge in [-0.1, -0.05) is 6.58 Å². The lowest BCUT2D eigenvalue weighted by molar-refractivity contribution is -0.116. The fourth-order valence-corrected chi connectivity index (χ4v) is 1.86. The minimum absolute atomic E-state index is 0.0915. The van der Waals surface area contributed by atoms with Crippen LogP contribution in [0.15, 0.2) is 12.7 Å². The first-order valence-electron chi connectivity index (χ1n) is 3.58. The molecule has 1 unspecified atom stereocenters. The van der Waals surface area contributed by atoms with E-state index in [1.54, 1.807) is 11.8 Å². The van der Waals surface area contributed by atoms with E-state index in [0.29, 0.717) is 0 Å². The van der Waals surface area contributed by atoms with Crippen LogP contribution in [0, 0.1) is 0 Å². The predicted octanol–water partition coefficient (Wildman–Crippen LogP) is -0.0489. The van der Waals surface area contributed by atoms with Gasteiger partial charge in [-0.05, 0) is 6.08 Å². The average Bonchev–Trinajstić information content (AvgIpc) is 2.06. The van der Waals surface area contributed by atoms with E-state index in [4.69, 9.17) is 0 Å². The summed E-state index contributed by atoms with van der Waals surface area (Å²) in [7, 11) is 0. The number of carbonyl (C=O) groups excluding carboxylic acids is 1. The third-order valence-corrected chi connectivity index (χ3v) is 2.54. The van der Waals surface area contributed by atoms with Crippen molar-refractivity contribution in [3.63, 3.8) is 0 Å². The highest BCUT2D eigenvalue weighted by atomic mass is 32.2. The van der Waals surface area contributed by atoms with Gasteiger partial charge < -0.3 is 10.6 Å². The Morgan fingerprint density at radius 1 is 1.82 bits per heavy atom. The Morgan fingerprint density at radius 2 is 2.64 bits per heavy atom. The van der Waals surface area contributed by atoms with Gasteiger partial charge in [0.05, 0.1) is 5.37 Å². The van der Waals surface area contributed by atoms with Gasteiger partial charge in [0.15, 0.2) is 0 Å². The first kappa shape index (κ1) is 8.62. The molecule has 1 fully saturated rings. The van der Waals surface area contributed by atoms with Crippen molar-refractivity contribution in [1.29, 1.82) is 0 Å². The number of carbonyl (C=O) groups is 1. The Labute approximate surface area is 70.6 Å². The minimum atomic E-state index is -0.0915. The fourth-order valence-electron chi connectivity index (χ4n) is 0.876. The molecule has 0 bridgehead atoms. The van der Waals surface area contributed by atoms with Crippen molar-refractivity contribution in [2.45, 2.75) is 5.37 Å². The summed E-state index contributed by atoms with van der Waals surface area (Å²) in [6.45, 7) is 5.27. The molecule has 0 aromatic carbocycles. The first-order valence-corrected chi connectivity index (χ1v) is 4.63. The summed E-state index contributed by atoms with van der Waals surface area (Å²) in [4.78, 5) is 10.8. The lowest BCUT2D eigenvalue weighted by atomic mass is 10.5. The van der Waals surface area contributed by atoms with Gasteiger partial charge in [-0.3, -0.25) is 4.79 Å². The van der Waals surface area contributed by atoms with Crippen molar-refractivity contribution < 1.29 is 4.79 Å². The molecule has 0 spiro atoms. The molecule has 0 radical (unpaired) electrons. The standard InChI is InChI=1S/C7H12N2OS/c1-2-6(10)9-7-5-8-3-4-11-7/h2,7-8H,1,3-5H2,(H,9,10). The summed E-state index contributed by atoms with van der Waals surface area (Å²) >= 11 is 1.76. The lowest BCUT2D eigenvalue weighted by Crippen LogP contribution is -2.43. The van der Waals surface area contributed by atoms with Gasteiger partial charge in [-0.25, -0.2) is 0 Å².